The number of aliphatic hydroxyl groups is 1. The van der Waals surface area contributed by atoms with Gasteiger partial charge in [0, 0.05) is 32.4 Å². The van der Waals surface area contributed by atoms with Crippen molar-refractivity contribution in [1.29, 1.82) is 0 Å². The van der Waals surface area contributed by atoms with Crippen LogP contribution in [-0.2, 0) is 20.7 Å². The average Bonchev–Trinajstić information content (AvgIpc) is 3.49. The molecule has 8 nitrogen and oxygen atoms in total. The van der Waals surface area contributed by atoms with Crippen LogP contribution in [0.4, 0.5) is 4.79 Å². The number of nitrogens with one attached hydrogen (secondary N) is 2. The number of likely N-dealkylation sites (N-methyl/N-ethyl adjacent to an activating group) is 1. The largest absolute Gasteiger partial charge is 0.449 e. The molecule has 3 aromatic rings. The van der Waals surface area contributed by atoms with Crippen LogP contribution in [0.25, 0.3) is 11.1 Å². The summed E-state index contributed by atoms with van der Waals surface area (Å²) in [6.45, 7) is 0.143. The Hall–Kier alpha value is -4.17. The van der Waals surface area contributed by atoms with E-state index in [9.17, 15) is 19.5 Å². The van der Waals surface area contributed by atoms with Crippen LogP contribution < -0.4 is 10.6 Å². The van der Waals surface area contributed by atoms with Crippen LogP contribution in [0.5, 0.6) is 0 Å². The number of hydrogen-bond donors (Lipinski definition) is 3. The topological polar surface area (TPSA) is 108 Å². The molecule has 0 radical (unpaired) electrons. The van der Waals surface area contributed by atoms with Crippen LogP contribution in [0.15, 0.2) is 78.9 Å². The number of likely N-dealkylation sites (tertiary alicyclic amines) is 1. The summed E-state index contributed by atoms with van der Waals surface area (Å²) in [5.74, 6) is -0.898. The van der Waals surface area contributed by atoms with E-state index < -0.39 is 30.2 Å². The van der Waals surface area contributed by atoms with E-state index in [1.807, 2.05) is 66.7 Å². The standard InChI is InChI=1S/C30H31N3O5/c1-31-28(35)27-16-20(34)17-33(27)29(36)26(15-19-9-3-2-4-10-19)32-30(37)38-18-25-23-13-7-5-11-21(23)22-12-6-8-14-24(22)25/h2-14,20,25-27,34H,15-18H2,1H3,(H,31,35)(H,32,37)/t20-,26+,27+/m1/s1. The van der Waals surface area contributed by atoms with Crippen LogP contribution in [-0.4, -0.2) is 66.3 Å². The molecule has 0 saturated carbocycles. The summed E-state index contributed by atoms with van der Waals surface area (Å²) >= 11 is 0. The Balaban J connectivity index is 1.32. The monoisotopic (exact) mass is 513 g/mol. The van der Waals surface area contributed by atoms with Crippen molar-refractivity contribution in [1.82, 2.24) is 15.5 Å². The van der Waals surface area contributed by atoms with Gasteiger partial charge in [0.1, 0.15) is 18.7 Å². The Morgan fingerprint density at radius 3 is 2.18 bits per heavy atom. The quantitative estimate of drug-likeness (QED) is 0.450. The Labute approximate surface area is 221 Å². The van der Waals surface area contributed by atoms with E-state index in [1.165, 1.54) is 11.9 Å². The van der Waals surface area contributed by atoms with E-state index in [0.717, 1.165) is 27.8 Å². The first kappa shape index (κ1) is 25.5. The number of ether oxygens (including phenoxy) is 1. The Bertz CT molecular complexity index is 1280. The van der Waals surface area contributed by atoms with Gasteiger partial charge in [-0.3, -0.25) is 9.59 Å². The third-order valence-corrected chi connectivity index (χ3v) is 7.33. The first-order chi connectivity index (χ1) is 18.5. The highest BCUT2D eigenvalue weighted by molar-refractivity contribution is 5.92. The highest BCUT2D eigenvalue weighted by atomic mass is 16.5. The van der Waals surface area contributed by atoms with Crippen molar-refractivity contribution < 1.29 is 24.2 Å². The number of amides is 3. The molecule has 196 valence electrons. The summed E-state index contributed by atoms with van der Waals surface area (Å²) in [5, 5.41) is 15.5. The van der Waals surface area contributed by atoms with E-state index in [4.69, 9.17) is 4.74 Å². The number of benzene rings is 3. The molecule has 5 rings (SSSR count). The molecule has 2 aliphatic rings. The second kappa shape index (κ2) is 11.1. The molecular formula is C30H31N3O5. The SMILES string of the molecule is CNC(=O)[C@@H]1C[C@@H](O)CN1C(=O)[C@H](Cc1ccccc1)NC(=O)OCC1c2ccccc2-c2ccccc21. The minimum absolute atomic E-state index is 0.0224. The van der Waals surface area contributed by atoms with Gasteiger partial charge in [-0.25, -0.2) is 4.79 Å². The third kappa shape index (κ3) is 5.13. The molecule has 1 saturated heterocycles. The van der Waals surface area contributed by atoms with Gasteiger partial charge in [-0.15, -0.1) is 0 Å². The van der Waals surface area contributed by atoms with Crippen LogP contribution in [0.3, 0.4) is 0 Å². The molecule has 0 bridgehead atoms. The summed E-state index contributed by atoms with van der Waals surface area (Å²) in [6.07, 6.45) is -1.16. The van der Waals surface area contributed by atoms with Gasteiger partial charge < -0.3 is 25.4 Å². The number of rotatable bonds is 7. The van der Waals surface area contributed by atoms with E-state index in [2.05, 4.69) is 22.8 Å². The lowest BCUT2D eigenvalue weighted by atomic mass is 9.98. The summed E-state index contributed by atoms with van der Waals surface area (Å²) in [4.78, 5) is 40.4. The van der Waals surface area contributed by atoms with Crippen LogP contribution in [0.2, 0.25) is 0 Å². The maximum Gasteiger partial charge on any atom is 0.407 e. The van der Waals surface area contributed by atoms with Gasteiger partial charge in [0.05, 0.1) is 6.10 Å². The highest BCUT2D eigenvalue weighted by Gasteiger charge is 2.41. The minimum Gasteiger partial charge on any atom is -0.449 e. The highest BCUT2D eigenvalue weighted by Crippen LogP contribution is 2.44. The Kier molecular flexibility index (Phi) is 7.42. The number of nitrogens with zero attached hydrogens (tertiary/aromatic N) is 1. The second-order valence-corrected chi connectivity index (χ2v) is 9.72. The predicted molar refractivity (Wildman–Crippen MR) is 142 cm³/mol. The molecule has 1 aliphatic heterocycles. The van der Waals surface area contributed by atoms with Gasteiger partial charge in [0.25, 0.3) is 0 Å². The molecule has 0 spiro atoms. The van der Waals surface area contributed by atoms with Gasteiger partial charge in [-0.05, 0) is 27.8 Å². The zero-order valence-corrected chi connectivity index (χ0v) is 21.2. The van der Waals surface area contributed by atoms with Crippen LogP contribution in [0.1, 0.15) is 29.0 Å². The maximum absolute atomic E-state index is 13.6. The van der Waals surface area contributed by atoms with Crippen molar-refractivity contribution in [3.8, 4) is 11.1 Å². The molecule has 1 heterocycles. The zero-order chi connectivity index (χ0) is 26.6. The lowest BCUT2D eigenvalue weighted by molar-refractivity contribution is -0.139. The van der Waals surface area contributed by atoms with Crippen molar-refractivity contribution in [3.05, 3.63) is 95.6 Å². The number of hydrogen-bond acceptors (Lipinski definition) is 5. The van der Waals surface area contributed by atoms with Crippen molar-refractivity contribution >= 4 is 17.9 Å². The molecular weight excluding hydrogens is 482 g/mol. The fourth-order valence-corrected chi connectivity index (χ4v) is 5.50. The summed E-state index contributed by atoms with van der Waals surface area (Å²) < 4.78 is 5.69. The molecule has 8 heteroatoms. The van der Waals surface area contributed by atoms with Gasteiger partial charge in [0.15, 0.2) is 0 Å². The normalized spacial score (nSPS) is 18.8. The molecule has 3 amide bonds. The van der Waals surface area contributed by atoms with Crippen molar-refractivity contribution in [2.45, 2.75) is 36.9 Å². The summed E-state index contributed by atoms with van der Waals surface area (Å²) in [6, 6.07) is 23.7. The smallest absolute Gasteiger partial charge is 0.407 e. The van der Waals surface area contributed by atoms with Crippen molar-refractivity contribution in [2.75, 3.05) is 20.2 Å². The molecule has 3 aromatic carbocycles. The fraction of sp³-hybridized carbons (Fsp3) is 0.300. The number of alkyl carbamates (subject to hydrolysis) is 1. The summed E-state index contributed by atoms with van der Waals surface area (Å²) in [7, 11) is 1.49. The van der Waals surface area contributed by atoms with Gasteiger partial charge in [-0.2, -0.15) is 0 Å². The number of fused-ring (bicyclic) bond motifs is 3. The number of carbonyl (C=O) groups is 3. The van der Waals surface area contributed by atoms with E-state index in [-0.39, 0.29) is 37.8 Å². The maximum atomic E-state index is 13.6. The lowest BCUT2D eigenvalue weighted by Gasteiger charge is -2.28. The molecule has 3 N–H and O–H groups in total. The van der Waals surface area contributed by atoms with E-state index in [0.29, 0.717) is 0 Å². The second-order valence-electron chi connectivity index (χ2n) is 9.72. The molecule has 1 aliphatic carbocycles. The number of β-amino-alcohol motifs (C(OH)–C–C–N with tert-alkyl or cyclic N) is 1. The first-order valence-electron chi connectivity index (χ1n) is 12.8. The average molecular weight is 514 g/mol. The van der Waals surface area contributed by atoms with Crippen LogP contribution >= 0.6 is 0 Å². The lowest BCUT2D eigenvalue weighted by Crippen LogP contribution is -2.54. The number of aliphatic hydroxyl groups excluding tert-OH is 1. The van der Waals surface area contributed by atoms with Crippen molar-refractivity contribution in [3.63, 3.8) is 0 Å². The van der Waals surface area contributed by atoms with Crippen LogP contribution in [0, 0.1) is 0 Å². The Morgan fingerprint density at radius 2 is 1.55 bits per heavy atom. The first-order valence-corrected chi connectivity index (χ1v) is 12.8. The molecule has 0 aromatic heterocycles. The fourth-order valence-electron chi connectivity index (χ4n) is 5.50. The zero-order valence-electron chi connectivity index (χ0n) is 21.2. The molecule has 38 heavy (non-hydrogen) atoms. The molecule has 1 fully saturated rings. The third-order valence-electron chi connectivity index (χ3n) is 7.33. The van der Waals surface area contributed by atoms with Crippen molar-refractivity contribution in [2.24, 2.45) is 0 Å². The molecule has 3 atom stereocenters. The Morgan fingerprint density at radius 1 is 0.947 bits per heavy atom. The van der Waals surface area contributed by atoms with Gasteiger partial charge in [-0.1, -0.05) is 78.9 Å². The van der Waals surface area contributed by atoms with E-state index >= 15 is 0 Å². The molecule has 0 unspecified atom stereocenters. The minimum atomic E-state index is -0.967. The van der Waals surface area contributed by atoms with E-state index in [1.54, 1.807) is 0 Å². The van der Waals surface area contributed by atoms with Gasteiger partial charge >= 0.3 is 6.09 Å². The van der Waals surface area contributed by atoms with Gasteiger partial charge in [0.2, 0.25) is 11.8 Å². The number of carbonyl (C=O) groups excluding carboxylic acids is 3. The predicted octanol–water partition coefficient (Wildman–Crippen LogP) is 2.84. The summed E-state index contributed by atoms with van der Waals surface area (Å²) in [5.41, 5.74) is 5.29.